The number of hydrogen-bond acceptors (Lipinski definition) is 4. The molecule has 0 bridgehead atoms. The lowest BCUT2D eigenvalue weighted by Crippen LogP contribution is -2.26. The van der Waals surface area contributed by atoms with E-state index in [2.05, 4.69) is 0 Å². The first-order chi connectivity index (χ1) is 10.9. The maximum absolute atomic E-state index is 12.6. The number of aromatic nitrogens is 3. The second-order valence-electron chi connectivity index (χ2n) is 4.00. The molecule has 1 aromatic heterocycles. The number of halogens is 7. The van der Waals surface area contributed by atoms with Gasteiger partial charge in [0.2, 0.25) is 0 Å². The van der Waals surface area contributed by atoms with Crippen molar-refractivity contribution in [3.05, 3.63) is 50.3 Å². The van der Waals surface area contributed by atoms with Gasteiger partial charge in [0, 0.05) is 28.9 Å². The Hall–Kier alpha value is 0.690. The predicted octanol–water partition coefficient (Wildman–Crippen LogP) is 5.10. The van der Waals surface area contributed by atoms with Crippen molar-refractivity contribution in [3.63, 3.8) is 0 Å². The number of hydrogen-bond donors (Lipinski definition) is 0. The summed E-state index contributed by atoms with van der Waals surface area (Å²) in [5.74, 6) is 0. The minimum Gasteiger partial charge on any atom is -0.244 e. The highest BCUT2D eigenvalue weighted by Crippen LogP contribution is 2.42. The smallest absolute Gasteiger partial charge is 0.244 e. The molecular weight excluding hydrogens is 506 g/mol. The van der Waals surface area contributed by atoms with Gasteiger partial charge < -0.3 is 0 Å². The maximum Gasteiger partial charge on any atom is 0.363 e. The molecule has 5 nitrogen and oxygen atoms in total. The molecule has 0 radical (unpaired) electrons. The fourth-order valence-corrected chi connectivity index (χ4v) is 4.15. The summed E-state index contributed by atoms with van der Waals surface area (Å²) >= 11 is 40.9. The van der Waals surface area contributed by atoms with Gasteiger partial charge in [0.15, 0.2) is 0 Å². The summed E-state index contributed by atoms with van der Waals surface area (Å²) < 4.78 is -1.51. The third-order valence-electron chi connectivity index (χ3n) is 2.32. The van der Waals surface area contributed by atoms with E-state index in [0.29, 0.717) is 28.9 Å². The van der Waals surface area contributed by atoms with Crippen LogP contribution in [-0.4, -0.2) is 19.0 Å². The van der Waals surface area contributed by atoms with Crippen molar-refractivity contribution < 1.29 is 0 Å². The molecule has 24 heavy (non-hydrogen) atoms. The van der Waals surface area contributed by atoms with Gasteiger partial charge in [0.25, 0.3) is 6.25 Å². The van der Waals surface area contributed by atoms with Gasteiger partial charge in [-0.2, -0.15) is 8.17 Å². The standard InChI is InChI=1S/C10H4Cl7N3O2S2/c11-5-2-1-3-6(4-5)18-7(21)19(23-9(12,13)14)20(8(18)22)24-10(15,16)17/h1-4H. The molecule has 14 heteroatoms. The number of nitrogens with zero attached hydrogens (tertiary/aromatic N) is 3. The predicted molar refractivity (Wildman–Crippen MR) is 106 cm³/mol. The van der Waals surface area contributed by atoms with Crippen LogP contribution in [0.15, 0.2) is 33.9 Å². The molecule has 0 amide bonds. The third kappa shape index (κ3) is 5.34. The molecule has 0 aliphatic heterocycles. The van der Waals surface area contributed by atoms with Crippen LogP contribution in [-0.2, 0) is 0 Å². The van der Waals surface area contributed by atoms with E-state index in [-0.39, 0.29) is 5.69 Å². The summed E-state index contributed by atoms with van der Waals surface area (Å²) in [5, 5.41) is 0.321. The summed E-state index contributed by atoms with van der Waals surface area (Å²) in [6, 6.07) is 6.07. The average molecular weight is 510 g/mol. The molecule has 0 saturated heterocycles. The molecule has 0 fully saturated rings. The van der Waals surface area contributed by atoms with Crippen LogP contribution in [0.5, 0.6) is 0 Å². The highest BCUT2D eigenvalue weighted by molar-refractivity contribution is 8.05. The average Bonchev–Trinajstić information content (AvgIpc) is 2.60. The maximum atomic E-state index is 12.6. The quantitative estimate of drug-likeness (QED) is 0.539. The molecule has 0 atom stereocenters. The Labute approximate surface area is 178 Å². The van der Waals surface area contributed by atoms with Crippen LogP contribution in [0.1, 0.15) is 0 Å². The Kier molecular flexibility index (Phi) is 6.77. The molecule has 0 N–H and O–H groups in total. The summed E-state index contributed by atoms with van der Waals surface area (Å²) in [4.78, 5) is 25.2. The van der Waals surface area contributed by atoms with Crippen LogP contribution in [0.25, 0.3) is 5.69 Å². The first-order valence-corrected chi connectivity index (χ1v) is 9.84. The monoisotopic (exact) mass is 507 g/mol. The van der Waals surface area contributed by atoms with Crippen LogP contribution < -0.4 is 11.4 Å². The molecule has 0 saturated carbocycles. The minimum atomic E-state index is -1.94. The van der Waals surface area contributed by atoms with E-state index in [1.54, 1.807) is 12.1 Å². The summed E-state index contributed by atoms with van der Waals surface area (Å²) in [6.07, 6.45) is 0. The molecule has 132 valence electrons. The third-order valence-corrected chi connectivity index (χ3v) is 5.30. The summed E-state index contributed by atoms with van der Waals surface area (Å²) in [6.45, 7) is 0. The first-order valence-electron chi connectivity index (χ1n) is 5.64. The van der Waals surface area contributed by atoms with Crippen molar-refractivity contribution >= 4 is 105 Å². The molecule has 0 spiro atoms. The fourth-order valence-electron chi connectivity index (χ4n) is 1.59. The van der Waals surface area contributed by atoms with Gasteiger partial charge >= 0.3 is 11.4 Å². The minimum absolute atomic E-state index is 0.208. The van der Waals surface area contributed by atoms with Gasteiger partial charge in [-0.1, -0.05) is 87.3 Å². The lowest BCUT2D eigenvalue weighted by Gasteiger charge is -2.14. The number of alkyl halides is 6. The van der Waals surface area contributed by atoms with Gasteiger partial charge in [0.05, 0.1) is 5.69 Å². The molecule has 0 aliphatic carbocycles. The van der Waals surface area contributed by atoms with E-state index in [4.69, 9.17) is 81.2 Å². The van der Waals surface area contributed by atoms with Crippen LogP contribution in [0, 0.1) is 0 Å². The van der Waals surface area contributed by atoms with E-state index in [9.17, 15) is 9.59 Å². The molecular formula is C10H4Cl7N3O2S2. The van der Waals surface area contributed by atoms with Gasteiger partial charge in [-0.05, 0) is 18.2 Å². The van der Waals surface area contributed by atoms with E-state index < -0.39 is 17.6 Å². The Morgan fingerprint density at radius 1 is 0.833 bits per heavy atom. The van der Waals surface area contributed by atoms with Crippen LogP contribution in [0.2, 0.25) is 5.02 Å². The van der Waals surface area contributed by atoms with Crippen molar-refractivity contribution in [1.82, 2.24) is 12.7 Å². The lowest BCUT2D eigenvalue weighted by atomic mass is 10.3. The van der Waals surface area contributed by atoms with Gasteiger partial charge in [-0.25, -0.2) is 14.2 Å². The topological polar surface area (TPSA) is 48.9 Å². The van der Waals surface area contributed by atoms with Crippen LogP contribution in [0.4, 0.5) is 0 Å². The van der Waals surface area contributed by atoms with Gasteiger partial charge in [0.1, 0.15) is 0 Å². The molecule has 2 rings (SSSR count). The van der Waals surface area contributed by atoms with Crippen molar-refractivity contribution in [2.45, 2.75) is 6.25 Å². The molecule has 0 aliphatic rings. The van der Waals surface area contributed by atoms with Crippen molar-refractivity contribution in [2.75, 3.05) is 0 Å². The largest absolute Gasteiger partial charge is 0.363 e. The normalized spacial score (nSPS) is 12.6. The summed E-state index contributed by atoms with van der Waals surface area (Å²) in [7, 11) is 0. The fraction of sp³-hybridized carbons (Fsp3) is 0.200. The SMILES string of the molecule is O=c1n(-c2cccc(Cl)c2)c(=O)n(SC(Cl)(Cl)Cl)n1SC(Cl)(Cl)Cl. The van der Waals surface area contributed by atoms with Gasteiger partial charge in [-0.3, -0.25) is 0 Å². The zero-order chi connectivity index (χ0) is 18.3. The Balaban J connectivity index is 2.72. The molecule has 1 heterocycles. The Morgan fingerprint density at radius 3 is 1.67 bits per heavy atom. The molecule has 0 unspecified atom stereocenters. The van der Waals surface area contributed by atoms with E-state index >= 15 is 0 Å². The number of rotatable bonds is 3. The van der Waals surface area contributed by atoms with E-state index in [1.165, 1.54) is 12.1 Å². The Morgan fingerprint density at radius 2 is 1.29 bits per heavy atom. The molecule has 2 aromatic rings. The lowest BCUT2D eigenvalue weighted by molar-refractivity contribution is 0.888. The highest BCUT2D eigenvalue weighted by Gasteiger charge is 2.32. The Bertz CT molecular complexity index is 818. The second-order valence-corrected chi connectivity index (χ2v) is 12.6. The van der Waals surface area contributed by atoms with E-state index in [1.807, 2.05) is 0 Å². The molecule has 1 aromatic carbocycles. The van der Waals surface area contributed by atoms with E-state index in [0.717, 1.165) is 12.7 Å². The van der Waals surface area contributed by atoms with Crippen LogP contribution >= 0.6 is 105 Å². The number of benzene rings is 1. The first kappa shape index (κ1) is 21.0. The van der Waals surface area contributed by atoms with Crippen molar-refractivity contribution in [2.24, 2.45) is 0 Å². The highest BCUT2D eigenvalue weighted by atomic mass is 35.6. The zero-order valence-corrected chi connectivity index (χ0v) is 17.9. The van der Waals surface area contributed by atoms with Crippen LogP contribution in [0.3, 0.4) is 0 Å². The van der Waals surface area contributed by atoms with Crippen molar-refractivity contribution in [1.29, 1.82) is 0 Å². The summed E-state index contributed by atoms with van der Waals surface area (Å²) in [5.41, 5.74) is -1.43. The second kappa shape index (κ2) is 7.74. The van der Waals surface area contributed by atoms with Gasteiger partial charge in [-0.15, -0.1) is 0 Å². The van der Waals surface area contributed by atoms with Crippen molar-refractivity contribution in [3.8, 4) is 5.69 Å². The zero-order valence-electron chi connectivity index (χ0n) is 10.9.